The number of amides is 2. The van der Waals surface area contributed by atoms with Crippen LogP contribution >= 0.6 is 15.9 Å². The third kappa shape index (κ3) is 4.98. The number of benzene rings is 2. The molecule has 6 nitrogen and oxygen atoms in total. The lowest BCUT2D eigenvalue weighted by Gasteiger charge is -2.31. The molecule has 7 heteroatoms. The minimum Gasteiger partial charge on any atom is -0.345 e. The molecule has 31 heavy (non-hydrogen) atoms. The molecule has 4 rings (SSSR count). The number of hydrogen-bond donors (Lipinski definition) is 1. The lowest BCUT2D eigenvalue weighted by Crippen LogP contribution is -2.40. The minimum absolute atomic E-state index is 0.0792. The van der Waals surface area contributed by atoms with Gasteiger partial charge in [-0.25, -0.2) is 4.98 Å². The maximum atomic E-state index is 13.1. The van der Waals surface area contributed by atoms with Crippen molar-refractivity contribution < 1.29 is 9.59 Å². The molecule has 0 spiro atoms. The van der Waals surface area contributed by atoms with E-state index in [2.05, 4.69) is 26.2 Å². The number of para-hydroxylation sites is 2. The fourth-order valence-electron chi connectivity index (χ4n) is 4.22. The average molecular weight is 483 g/mol. The molecule has 1 aliphatic rings. The van der Waals surface area contributed by atoms with Gasteiger partial charge in [-0.3, -0.25) is 9.59 Å². The van der Waals surface area contributed by atoms with E-state index in [0.29, 0.717) is 17.4 Å². The van der Waals surface area contributed by atoms with Gasteiger partial charge in [-0.1, -0.05) is 47.3 Å². The van der Waals surface area contributed by atoms with E-state index >= 15 is 0 Å². The zero-order chi connectivity index (χ0) is 21.8. The zero-order valence-corrected chi connectivity index (χ0v) is 19.3. The first kappa shape index (κ1) is 21.6. The molecule has 162 valence electrons. The zero-order valence-electron chi connectivity index (χ0n) is 17.7. The van der Waals surface area contributed by atoms with Crippen LogP contribution in [0.1, 0.15) is 48.3 Å². The van der Waals surface area contributed by atoms with Crippen molar-refractivity contribution in [3.8, 4) is 0 Å². The molecule has 1 N–H and O–H groups in total. The Morgan fingerprint density at radius 1 is 1.10 bits per heavy atom. The van der Waals surface area contributed by atoms with Crippen molar-refractivity contribution in [2.45, 2.75) is 51.2 Å². The molecular formula is C24H27BrN4O2. The molecule has 1 fully saturated rings. The van der Waals surface area contributed by atoms with Crippen LogP contribution in [0.2, 0.25) is 0 Å². The number of nitrogens with one attached hydrogen (secondary N) is 1. The molecule has 2 amide bonds. The molecule has 2 aromatic carbocycles. The predicted molar refractivity (Wildman–Crippen MR) is 125 cm³/mol. The van der Waals surface area contributed by atoms with Crippen molar-refractivity contribution in [2.24, 2.45) is 0 Å². The molecule has 0 unspecified atom stereocenters. The van der Waals surface area contributed by atoms with Gasteiger partial charge in [0.25, 0.3) is 5.91 Å². The highest BCUT2D eigenvalue weighted by Gasteiger charge is 2.23. The standard InChI is InChI=1S/C24H27BrN4O2/c1-28(19-7-3-2-4-8-19)23(30)16-29-21-10-6-5-9-20(21)27-22(29)15-26-24(31)17-11-13-18(25)14-12-17/h5-6,9-14,19H,2-4,7-8,15-16H2,1H3,(H,26,31). The molecule has 1 aromatic heterocycles. The van der Waals surface area contributed by atoms with Gasteiger partial charge in [0.2, 0.25) is 5.91 Å². The summed E-state index contributed by atoms with van der Waals surface area (Å²) in [7, 11) is 1.91. The van der Waals surface area contributed by atoms with Crippen LogP contribution in [0.3, 0.4) is 0 Å². The second-order valence-electron chi connectivity index (χ2n) is 8.09. The Morgan fingerprint density at radius 2 is 1.81 bits per heavy atom. The highest BCUT2D eigenvalue weighted by molar-refractivity contribution is 9.10. The van der Waals surface area contributed by atoms with Gasteiger partial charge in [0.15, 0.2) is 0 Å². The molecule has 1 saturated carbocycles. The summed E-state index contributed by atoms with van der Waals surface area (Å²) in [5.41, 5.74) is 2.31. The van der Waals surface area contributed by atoms with Crippen LogP contribution in [0.15, 0.2) is 53.0 Å². The van der Waals surface area contributed by atoms with Crippen molar-refractivity contribution in [3.05, 3.63) is 64.4 Å². The summed E-state index contributed by atoms with van der Waals surface area (Å²) in [6, 6.07) is 15.3. The fourth-order valence-corrected chi connectivity index (χ4v) is 4.48. The average Bonchev–Trinajstić information content (AvgIpc) is 3.15. The monoisotopic (exact) mass is 482 g/mol. The van der Waals surface area contributed by atoms with Gasteiger partial charge < -0.3 is 14.8 Å². The Hall–Kier alpha value is -2.67. The SMILES string of the molecule is CN(C(=O)Cn1c(CNC(=O)c2ccc(Br)cc2)nc2ccccc21)C1CCCCC1. The number of carbonyl (C=O) groups excluding carboxylic acids is 2. The predicted octanol–water partition coefficient (Wildman–Crippen LogP) is 4.52. The number of carbonyl (C=O) groups is 2. The van der Waals surface area contributed by atoms with Crippen molar-refractivity contribution >= 4 is 38.8 Å². The molecule has 0 bridgehead atoms. The second kappa shape index (κ2) is 9.64. The summed E-state index contributed by atoms with van der Waals surface area (Å²) in [5.74, 6) is 0.587. The van der Waals surface area contributed by atoms with E-state index in [-0.39, 0.29) is 24.9 Å². The summed E-state index contributed by atoms with van der Waals surface area (Å²) in [6.07, 6.45) is 5.77. The first-order valence-corrected chi connectivity index (χ1v) is 11.6. The molecular weight excluding hydrogens is 456 g/mol. The van der Waals surface area contributed by atoms with Crippen LogP contribution in [-0.2, 0) is 17.9 Å². The van der Waals surface area contributed by atoms with Crippen LogP contribution in [0.4, 0.5) is 0 Å². The highest BCUT2D eigenvalue weighted by Crippen LogP contribution is 2.23. The number of rotatable bonds is 6. The first-order valence-electron chi connectivity index (χ1n) is 10.8. The van der Waals surface area contributed by atoms with E-state index < -0.39 is 0 Å². The number of imidazole rings is 1. The second-order valence-corrected chi connectivity index (χ2v) is 9.00. The van der Waals surface area contributed by atoms with E-state index in [1.807, 2.05) is 52.9 Å². The molecule has 0 aliphatic heterocycles. The lowest BCUT2D eigenvalue weighted by molar-refractivity contribution is -0.133. The summed E-state index contributed by atoms with van der Waals surface area (Å²) in [6.45, 7) is 0.473. The maximum absolute atomic E-state index is 13.1. The first-order chi connectivity index (χ1) is 15.0. The summed E-state index contributed by atoms with van der Waals surface area (Å²) in [5, 5.41) is 2.94. The van der Waals surface area contributed by atoms with Crippen molar-refractivity contribution in [1.82, 2.24) is 19.8 Å². The third-order valence-corrected chi connectivity index (χ3v) is 6.58. The Labute approximate surface area is 190 Å². The number of fused-ring (bicyclic) bond motifs is 1. The van der Waals surface area contributed by atoms with Crippen molar-refractivity contribution in [1.29, 1.82) is 0 Å². The molecule has 1 aliphatic carbocycles. The van der Waals surface area contributed by atoms with Gasteiger partial charge in [0.1, 0.15) is 12.4 Å². The molecule has 0 radical (unpaired) electrons. The van der Waals surface area contributed by atoms with Gasteiger partial charge in [-0.15, -0.1) is 0 Å². The number of nitrogens with zero attached hydrogens (tertiary/aromatic N) is 3. The van der Waals surface area contributed by atoms with Gasteiger partial charge in [0, 0.05) is 23.1 Å². The largest absolute Gasteiger partial charge is 0.345 e. The third-order valence-electron chi connectivity index (χ3n) is 6.06. The molecule has 3 aromatic rings. The Morgan fingerprint density at radius 3 is 2.55 bits per heavy atom. The van der Waals surface area contributed by atoms with Gasteiger partial charge in [-0.05, 0) is 49.2 Å². The molecule has 0 saturated heterocycles. The number of likely N-dealkylation sites (N-methyl/N-ethyl adjacent to an activating group) is 1. The van der Waals surface area contributed by atoms with Crippen LogP contribution in [0, 0.1) is 0 Å². The van der Waals surface area contributed by atoms with Crippen LogP contribution in [0.25, 0.3) is 11.0 Å². The summed E-state index contributed by atoms with van der Waals surface area (Å²) >= 11 is 3.38. The normalized spacial score (nSPS) is 14.5. The maximum Gasteiger partial charge on any atom is 0.251 e. The molecule has 0 atom stereocenters. The van der Waals surface area contributed by atoms with Crippen LogP contribution in [-0.4, -0.2) is 39.4 Å². The van der Waals surface area contributed by atoms with Crippen LogP contribution < -0.4 is 5.32 Å². The van der Waals surface area contributed by atoms with E-state index in [4.69, 9.17) is 0 Å². The van der Waals surface area contributed by atoms with Gasteiger partial charge >= 0.3 is 0 Å². The lowest BCUT2D eigenvalue weighted by atomic mass is 9.94. The van der Waals surface area contributed by atoms with Gasteiger partial charge in [-0.2, -0.15) is 0 Å². The highest BCUT2D eigenvalue weighted by atomic mass is 79.9. The van der Waals surface area contributed by atoms with E-state index in [1.54, 1.807) is 12.1 Å². The molecule has 1 heterocycles. The van der Waals surface area contributed by atoms with Crippen LogP contribution in [0.5, 0.6) is 0 Å². The minimum atomic E-state index is -0.170. The van der Waals surface area contributed by atoms with E-state index in [0.717, 1.165) is 28.3 Å². The number of halogens is 1. The summed E-state index contributed by atoms with van der Waals surface area (Å²) < 4.78 is 2.85. The number of hydrogen-bond acceptors (Lipinski definition) is 3. The summed E-state index contributed by atoms with van der Waals surface area (Å²) in [4.78, 5) is 32.2. The van der Waals surface area contributed by atoms with E-state index in [1.165, 1.54) is 19.3 Å². The van der Waals surface area contributed by atoms with E-state index in [9.17, 15) is 9.59 Å². The van der Waals surface area contributed by atoms with Gasteiger partial charge in [0.05, 0.1) is 17.6 Å². The number of aromatic nitrogens is 2. The topological polar surface area (TPSA) is 67.2 Å². The fraction of sp³-hybridized carbons (Fsp3) is 0.375. The Bertz CT molecular complexity index is 1070. The van der Waals surface area contributed by atoms with Crippen molar-refractivity contribution in [3.63, 3.8) is 0 Å². The smallest absolute Gasteiger partial charge is 0.251 e. The Balaban J connectivity index is 1.52. The quantitative estimate of drug-likeness (QED) is 0.561. The van der Waals surface area contributed by atoms with Crippen molar-refractivity contribution in [2.75, 3.05) is 7.05 Å². The Kier molecular flexibility index (Phi) is 6.70.